The van der Waals surface area contributed by atoms with Crippen LogP contribution in [0.4, 0.5) is 5.69 Å². The van der Waals surface area contributed by atoms with Crippen molar-refractivity contribution in [2.45, 2.75) is 19.4 Å². The fourth-order valence-corrected chi connectivity index (χ4v) is 2.52. The van der Waals surface area contributed by atoms with Crippen LogP contribution in [0.25, 0.3) is 0 Å². The van der Waals surface area contributed by atoms with E-state index in [1.807, 2.05) is 36.4 Å². The first kappa shape index (κ1) is 17.3. The number of ether oxygens (including phenoxy) is 1. The third kappa shape index (κ3) is 5.22. The van der Waals surface area contributed by atoms with Gasteiger partial charge in [0.15, 0.2) is 0 Å². The van der Waals surface area contributed by atoms with Gasteiger partial charge in [0.05, 0.1) is 13.2 Å². The largest absolute Gasteiger partial charge is 0.493 e. The van der Waals surface area contributed by atoms with E-state index in [0.29, 0.717) is 12.1 Å². The molecule has 1 aliphatic carbocycles. The van der Waals surface area contributed by atoms with Crippen LogP contribution in [0.5, 0.6) is 5.75 Å². The molecule has 0 radical (unpaired) electrons. The Hall–Kier alpha value is -2.53. The maximum Gasteiger partial charge on any atom is 0.251 e. The SMILES string of the molecule is O=C(NCCO)c1cccc(NCc2ccccc2OCC2CC2)c1. The summed E-state index contributed by atoms with van der Waals surface area (Å²) in [6, 6.07) is 15.4. The number of rotatable bonds is 9. The lowest BCUT2D eigenvalue weighted by Crippen LogP contribution is -2.26. The second kappa shape index (κ2) is 8.53. The van der Waals surface area contributed by atoms with Crippen LogP contribution in [-0.2, 0) is 6.54 Å². The number of carbonyl (C=O) groups excluding carboxylic acids is 1. The number of amides is 1. The number of anilines is 1. The fraction of sp³-hybridized carbons (Fsp3) is 0.350. The lowest BCUT2D eigenvalue weighted by Gasteiger charge is -2.13. The monoisotopic (exact) mass is 340 g/mol. The van der Waals surface area contributed by atoms with E-state index < -0.39 is 0 Å². The maximum absolute atomic E-state index is 12.0. The molecule has 1 saturated carbocycles. The van der Waals surface area contributed by atoms with Crippen LogP contribution in [0, 0.1) is 5.92 Å². The van der Waals surface area contributed by atoms with E-state index in [0.717, 1.165) is 29.5 Å². The number of hydrogen-bond donors (Lipinski definition) is 3. The molecule has 5 nitrogen and oxygen atoms in total. The van der Waals surface area contributed by atoms with Crippen molar-refractivity contribution in [3.8, 4) is 5.75 Å². The number of benzene rings is 2. The molecule has 0 aromatic heterocycles. The van der Waals surface area contributed by atoms with E-state index in [2.05, 4.69) is 10.6 Å². The molecule has 0 heterocycles. The molecule has 2 aromatic carbocycles. The molecule has 1 amide bonds. The van der Waals surface area contributed by atoms with Gasteiger partial charge in [-0.2, -0.15) is 0 Å². The zero-order chi connectivity index (χ0) is 17.5. The molecular formula is C20H24N2O3. The van der Waals surface area contributed by atoms with Gasteiger partial charge in [0.2, 0.25) is 0 Å². The fourth-order valence-electron chi connectivity index (χ4n) is 2.52. The Morgan fingerprint density at radius 1 is 1.16 bits per heavy atom. The van der Waals surface area contributed by atoms with Gasteiger partial charge in [-0.3, -0.25) is 4.79 Å². The predicted octanol–water partition coefficient (Wildman–Crippen LogP) is 2.81. The maximum atomic E-state index is 12.0. The van der Waals surface area contributed by atoms with Crippen LogP contribution in [0.3, 0.4) is 0 Å². The average Bonchev–Trinajstić information content (AvgIpc) is 3.48. The van der Waals surface area contributed by atoms with Crippen LogP contribution in [0.15, 0.2) is 48.5 Å². The minimum absolute atomic E-state index is 0.0681. The van der Waals surface area contributed by atoms with Crippen molar-refractivity contribution >= 4 is 11.6 Å². The van der Waals surface area contributed by atoms with Gasteiger partial charge in [-0.05, 0) is 43.0 Å². The second-order valence-electron chi connectivity index (χ2n) is 6.28. The number of para-hydroxylation sites is 1. The highest BCUT2D eigenvalue weighted by molar-refractivity contribution is 5.95. The van der Waals surface area contributed by atoms with Gasteiger partial charge in [0, 0.05) is 29.9 Å². The van der Waals surface area contributed by atoms with Crippen LogP contribution >= 0.6 is 0 Å². The second-order valence-corrected chi connectivity index (χ2v) is 6.28. The van der Waals surface area contributed by atoms with Gasteiger partial charge < -0.3 is 20.5 Å². The first-order chi connectivity index (χ1) is 12.3. The molecule has 3 rings (SSSR count). The third-order valence-corrected chi connectivity index (χ3v) is 4.15. The summed E-state index contributed by atoms with van der Waals surface area (Å²) in [7, 11) is 0. The Labute approximate surface area is 148 Å². The van der Waals surface area contributed by atoms with E-state index in [1.165, 1.54) is 12.8 Å². The molecule has 3 N–H and O–H groups in total. The summed E-state index contributed by atoms with van der Waals surface area (Å²) in [5.41, 5.74) is 2.53. The smallest absolute Gasteiger partial charge is 0.251 e. The van der Waals surface area contributed by atoms with Crippen molar-refractivity contribution in [2.75, 3.05) is 25.1 Å². The molecule has 2 aromatic rings. The molecule has 132 valence electrons. The Kier molecular flexibility index (Phi) is 5.90. The summed E-state index contributed by atoms with van der Waals surface area (Å²) in [5.74, 6) is 1.44. The number of nitrogens with one attached hydrogen (secondary N) is 2. The molecule has 0 unspecified atom stereocenters. The molecule has 0 atom stereocenters. The zero-order valence-electron chi connectivity index (χ0n) is 14.2. The number of aliphatic hydroxyl groups excluding tert-OH is 1. The first-order valence-corrected chi connectivity index (χ1v) is 8.70. The summed E-state index contributed by atoms with van der Waals surface area (Å²) in [5, 5.41) is 14.8. The van der Waals surface area contributed by atoms with Crippen LogP contribution < -0.4 is 15.4 Å². The summed E-state index contributed by atoms with van der Waals surface area (Å²) in [6.45, 7) is 1.60. The normalized spacial score (nSPS) is 13.3. The van der Waals surface area contributed by atoms with Gasteiger partial charge in [0.25, 0.3) is 5.91 Å². The summed E-state index contributed by atoms with van der Waals surface area (Å²) in [6.07, 6.45) is 2.54. The average molecular weight is 340 g/mol. The number of carbonyl (C=O) groups is 1. The van der Waals surface area contributed by atoms with Crippen molar-refractivity contribution in [1.29, 1.82) is 0 Å². The molecule has 0 bridgehead atoms. The third-order valence-electron chi connectivity index (χ3n) is 4.15. The quantitative estimate of drug-likeness (QED) is 0.656. The first-order valence-electron chi connectivity index (χ1n) is 8.70. The zero-order valence-corrected chi connectivity index (χ0v) is 14.2. The van der Waals surface area contributed by atoms with Crippen molar-refractivity contribution in [3.63, 3.8) is 0 Å². The molecule has 0 saturated heterocycles. The minimum atomic E-state index is -0.189. The van der Waals surface area contributed by atoms with Crippen molar-refractivity contribution in [2.24, 2.45) is 5.92 Å². The van der Waals surface area contributed by atoms with Crippen molar-refractivity contribution in [1.82, 2.24) is 5.32 Å². The summed E-state index contributed by atoms with van der Waals surface area (Å²) in [4.78, 5) is 12.0. The highest BCUT2D eigenvalue weighted by Crippen LogP contribution is 2.30. The number of aliphatic hydroxyl groups is 1. The molecule has 1 aliphatic rings. The Bertz CT molecular complexity index is 714. The Morgan fingerprint density at radius 2 is 2.00 bits per heavy atom. The van der Waals surface area contributed by atoms with Gasteiger partial charge in [0.1, 0.15) is 5.75 Å². The topological polar surface area (TPSA) is 70.6 Å². The lowest BCUT2D eigenvalue weighted by molar-refractivity contribution is 0.0945. The Balaban J connectivity index is 1.60. The minimum Gasteiger partial charge on any atom is -0.493 e. The molecule has 1 fully saturated rings. The van der Waals surface area contributed by atoms with E-state index in [1.54, 1.807) is 12.1 Å². The Morgan fingerprint density at radius 3 is 2.80 bits per heavy atom. The highest BCUT2D eigenvalue weighted by atomic mass is 16.5. The summed E-state index contributed by atoms with van der Waals surface area (Å²) >= 11 is 0. The molecule has 25 heavy (non-hydrogen) atoms. The van der Waals surface area contributed by atoms with Crippen LogP contribution in [0.1, 0.15) is 28.8 Å². The van der Waals surface area contributed by atoms with Crippen LogP contribution in [0.2, 0.25) is 0 Å². The van der Waals surface area contributed by atoms with Crippen LogP contribution in [-0.4, -0.2) is 30.8 Å². The van der Waals surface area contributed by atoms with E-state index in [4.69, 9.17) is 9.84 Å². The highest BCUT2D eigenvalue weighted by Gasteiger charge is 2.22. The molecule has 0 spiro atoms. The molecule has 5 heteroatoms. The summed E-state index contributed by atoms with van der Waals surface area (Å²) < 4.78 is 5.93. The lowest BCUT2D eigenvalue weighted by atomic mass is 10.1. The van der Waals surface area contributed by atoms with Gasteiger partial charge in [-0.15, -0.1) is 0 Å². The van der Waals surface area contributed by atoms with Crippen molar-refractivity contribution < 1.29 is 14.6 Å². The van der Waals surface area contributed by atoms with E-state index >= 15 is 0 Å². The van der Waals surface area contributed by atoms with Gasteiger partial charge in [-0.1, -0.05) is 24.3 Å². The van der Waals surface area contributed by atoms with E-state index in [-0.39, 0.29) is 19.1 Å². The molecule has 0 aliphatic heterocycles. The van der Waals surface area contributed by atoms with Crippen molar-refractivity contribution in [3.05, 3.63) is 59.7 Å². The van der Waals surface area contributed by atoms with E-state index in [9.17, 15) is 4.79 Å². The van der Waals surface area contributed by atoms with Gasteiger partial charge >= 0.3 is 0 Å². The predicted molar refractivity (Wildman–Crippen MR) is 97.8 cm³/mol. The number of hydrogen-bond acceptors (Lipinski definition) is 4. The standard InChI is InChI=1S/C20H24N2O3/c23-11-10-21-20(24)16-5-3-6-18(12-16)22-13-17-4-1-2-7-19(17)25-14-15-8-9-15/h1-7,12,15,22-23H,8-11,13-14H2,(H,21,24). The van der Waals surface area contributed by atoms with Gasteiger partial charge in [-0.25, -0.2) is 0 Å². The molecular weight excluding hydrogens is 316 g/mol.